The van der Waals surface area contributed by atoms with Gasteiger partial charge in [0.05, 0.1) is 31.0 Å². The maximum atomic E-state index is 12.3. The van der Waals surface area contributed by atoms with Crippen molar-refractivity contribution in [2.45, 2.75) is 25.4 Å². The van der Waals surface area contributed by atoms with Crippen molar-refractivity contribution in [1.29, 1.82) is 0 Å². The van der Waals surface area contributed by atoms with Crippen LogP contribution in [0.2, 0.25) is 0 Å². The highest BCUT2D eigenvalue weighted by Crippen LogP contribution is 2.31. The Labute approximate surface area is 143 Å². The number of hydrogen-bond acceptors (Lipinski definition) is 9. The highest BCUT2D eigenvalue weighted by atomic mass is 32.2. The topological polar surface area (TPSA) is 92.8 Å². The average molecular weight is 353 g/mol. The van der Waals surface area contributed by atoms with Gasteiger partial charge in [0.1, 0.15) is 5.01 Å². The lowest BCUT2D eigenvalue weighted by Gasteiger charge is -2.20. The zero-order valence-electron chi connectivity index (χ0n) is 13.0. The van der Waals surface area contributed by atoms with Gasteiger partial charge < -0.3 is 9.64 Å². The van der Waals surface area contributed by atoms with Crippen LogP contribution < -0.4 is 9.86 Å². The number of aromatic nitrogens is 1. The molecule has 23 heavy (non-hydrogen) atoms. The molecule has 0 saturated carbocycles. The van der Waals surface area contributed by atoms with Crippen molar-refractivity contribution in [3.63, 3.8) is 0 Å². The first-order chi connectivity index (χ1) is 11.1. The fourth-order valence-electron chi connectivity index (χ4n) is 3.07. The Hall–Kier alpha value is -1.42. The number of carbonyl (C=O) groups excluding carboxylic acids is 1. The maximum absolute atomic E-state index is 12.3. The molecular weight excluding hydrogens is 334 g/mol. The minimum Gasteiger partial charge on any atom is -0.466 e. The van der Waals surface area contributed by atoms with E-state index in [0.717, 1.165) is 41.5 Å². The lowest BCUT2D eigenvalue weighted by Crippen LogP contribution is -2.32. The van der Waals surface area contributed by atoms with Gasteiger partial charge >= 0.3 is 5.97 Å². The number of esters is 1. The lowest BCUT2D eigenvalue weighted by molar-refractivity contribution is -0.136. The third-order valence-electron chi connectivity index (χ3n) is 4.00. The van der Waals surface area contributed by atoms with E-state index in [1.807, 2.05) is 12.3 Å². The predicted molar refractivity (Wildman–Crippen MR) is 92.0 cm³/mol. The van der Waals surface area contributed by atoms with E-state index in [2.05, 4.69) is 14.6 Å². The molecule has 0 amide bonds. The monoisotopic (exact) mass is 353 g/mol. The second-order valence-corrected chi connectivity index (χ2v) is 6.82. The van der Waals surface area contributed by atoms with Gasteiger partial charge in [0.2, 0.25) is 0 Å². The Morgan fingerprint density at radius 1 is 1.61 bits per heavy atom. The number of thiazole rings is 1. The minimum absolute atomic E-state index is 0.197. The number of nitrogens with two attached hydrogens (primary N) is 1. The summed E-state index contributed by atoms with van der Waals surface area (Å²) in [6.45, 7) is 3.34. The summed E-state index contributed by atoms with van der Waals surface area (Å²) in [5.41, 5.74) is 2.53. The molecule has 3 N–H and O–H groups in total. The third kappa shape index (κ3) is 3.27. The van der Waals surface area contributed by atoms with Crippen molar-refractivity contribution in [1.82, 2.24) is 14.6 Å². The van der Waals surface area contributed by atoms with Crippen molar-refractivity contribution in [2.24, 2.45) is 10.1 Å². The molecular formula is C14H19N5O2S2. The summed E-state index contributed by atoms with van der Waals surface area (Å²) in [6.07, 6.45) is 2.51. The van der Waals surface area contributed by atoms with Gasteiger partial charge in [-0.1, -0.05) is 0 Å². The van der Waals surface area contributed by atoms with E-state index < -0.39 is 0 Å². The lowest BCUT2D eigenvalue weighted by atomic mass is 10.0. The second-order valence-electron chi connectivity index (χ2n) is 5.46. The van der Waals surface area contributed by atoms with Gasteiger partial charge in [-0.15, -0.1) is 11.3 Å². The number of fused-ring (bicyclic) bond motifs is 1. The van der Waals surface area contributed by atoms with Crippen LogP contribution in [-0.4, -0.2) is 53.8 Å². The number of methoxy groups -OCH3 is 1. The zero-order chi connectivity index (χ0) is 16.4. The molecule has 0 radical (unpaired) electrons. The molecule has 2 atom stereocenters. The van der Waals surface area contributed by atoms with E-state index in [4.69, 9.17) is 14.9 Å². The fourth-order valence-corrected chi connectivity index (χ4v) is 4.04. The summed E-state index contributed by atoms with van der Waals surface area (Å²) in [6, 6.07) is -0.0619. The molecule has 0 aromatic carbocycles. The number of nitrogens with one attached hydrogen (secondary N) is 1. The van der Waals surface area contributed by atoms with Crippen LogP contribution in [0.3, 0.4) is 0 Å². The van der Waals surface area contributed by atoms with E-state index in [1.54, 1.807) is 17.5 Å². The van der Waals surface area contributed by atoms with Gasteiger partial charge in [0.25, 0.3) is 0 Å². The molecule has 3 rings (SSSR count). The molecule has 2 unspecified atom stereocenters. The molecule has 1 saturated heterocycles. The number of aliphatic imine (C=N–C) groups is 1. The molecule has 0 bridgehead atoms. The standard InChI is InChI=1S/C14H19N5O2S2/c1-8-12(14(20)21-2)11-5-9(18-23-15)6-19(11)7-10(17-8)13-16-3-4-22-13/h3-4,8-9,18H,5-7,15H2,1-2H3. The number of hydrogen-bond donors (Lipinski definition) is 2. The Kier molecular flexibility index (Phi) is 5.00. The highest BCUT2D eigenvalue weighted by Gasteiger charge is 2.36. The molecule has 3 heterocycles. The van der Waals surface area contributed by atoms with Crippen LogP contribution in [0, 0.1) is 0 Å². The molecule has 2 aliphatic heterocycles. The number of nitrogens with zero attached hydrogens (tertiary/aromatic N) is 3. The minimum atomic E-state index is -0.317. The van der Waals surface area contributed by atoms with Gasteiger partial charge in [-0.3, -0.25) is 10.1 Å². The van der Waals surface area contributed by atoms with E-state index in [9.17, 15) is 4.79 Å². The fraction of sp³-hybridized carbons (Fsp3) is 0.500. The van der Waals surface area contributed by atoms with Crippen LogP contribution in [0.25, 0.3) is 0 Å². The summed E-state index contributed by atoms with van der Waals surface area (Å²) in [7, 11) is 1.41. The predicted octanol–water partition coefficient (Wildman–Crippen LogP) is 0.947. The molecule has 7 nitrogen and oxygen atoms in total. The first kappa shape index (κ1) is 16.4. The van der Waals surface area contributed by atoms with Gasteiger partial charge in [0.15, 0.2) is 0 Å². The van der Waals surface area contributed by atoms with Gasteiger partial charge in [0, 0.05) is 48.4 Å². The largest absolute Gasteiger partial charge is 0.466 e. The Morgan fingerprint density at radius 3 is 3.09 bits per heavy atom. The van der Waals surface area contributed by atoms with E-state index >= 15 is 0 Å². The molecule has 9 heteroatoms. The molecule has 124 valence electrons. The van der Waals surface area contributed by atoms with Crippen LogP contribution in [0.15, 0.2) is 27.8 Å². The summed E-state index contributed by atoms with van der Waals surface area (Å²) < 4.78 is 8.17. The van der Waals surface area contributed by atoms with Crippen LogP contribution in [0.5, 0.6) is 0 Å². The number of rotatable bonds is 4. The highest BCUT2D eigenvalue weighted by molar-refractivity contribution is 7.95. The summed E-state index contributed by atoms with van der Waals surface area (Å²) in [5, 5.41) is 8.36. The molecule has 0 aliphatic carbocycles. The molecule has 1 fully saturated rings. The first-order valence-electron chi connectivity index (χ1n) is 7.28. The first-order valence-corrected chi connectivity index (χ1v) is 9.04. The van der Waals surface area contributed by atoms with Crippen molar-refractivity contribution >= 4 is 35.2 Å². The van der Waals surface area contributed by atoms with Gasteiger partial charge in [-0.2, -0.15) is 0 Å². The van der Waals surface area contributed by atoms with Crippen molar-refractivity contribution < 1.29 is 9.53 Å². The third-order valence-corrected chi connectivity index (χ3v) is 5.29. The zero-order valence-corrected chi connectivity index (χ0v) is 14.6. The van der Waals surface area contributed by atoms with E-state index in [1.165, 1.54) is 7.11 Å². The smallest absolute Gasteiger partial charge is 0.337 e. The molecule has 1 aromatic heterocycles. The van der Waals surface area contributed by atoms with E-state index in [0.29, 0.717) is 12.1 Å². The SMILES string of the molecule is COC(=O)C1=C2CC(NSN)CN2CC(c2nccs2)=NC1C. The average Bonchev–Trinajstić information content (AvgIpc) is 3.15. The van der Waals surface area contributed by atoms with Gasteiger partial charge in [-0.25, -0.2) is 14.5 Å². The van der Waals surface area contributed by atoms with Crippen LogP contribution in [0.1, 0.15) is 18.4 Å². The summed E-state index contributed by atoms with van der Waals surface area (Å²) in [4.78, 5) is 23.6. The van der Waals surface area contributed by atoms with Crippen molar-refractivity contribution in [2.75, 3.05) is 20.2 Å². The normalized spacial score (nSPS) is 24.3. The Morgan fingerprint density at radius 2 is 2.43 bits per heavy atom. The Balaban J connectivity index is 1.98. The summed E-state index contributed by atoms with van der Waals surface area (Å²) in [5.74, 6) is -0.317. The summed E-state index contributed by atoms with van der Waals surface area (Å²) >= 11 is 2.67. The van der Waals surface area contributed by atoms with Crippen LogP contribution >= 0.6 is 23.5 Å². The quantitative estimate of drug-likeness (QED) is 0.615. The number of carbonyl (C=O) groups is 1. The van der Waals surface area contributed by atoms with Crippen LogP contribution in [0.4, 0.5) is 0 Å². The van der Waals surface area contributed by atoms with Crippen molar-refractivity contribution in [3.05, 3.63) is 27.9 Å². The maximum Gasteiger partial charge on any atom is 0.337 e. The molecule has 2 aliphatic rings. The second kappa shape index (κ2) is 7.00. The number of ether oxygens (including phenoxy) is 1. The van der Waals surface area contributed by atoms with Gasteiger partial charge in [-0.05, 0) is 6.92 Å². The van der Waals surface area contributed by atoms with Crippen molar-refractivity contribution in [3.8, 4) is 0 Å². The molecule has 1 aromatic rings. The van der Waals surface area contributed by atoms with E-state index in [-0.39, 0.29) is 18.1 Å². The van der Waals surface area contributed by atoms with Crippen LogP contribution in [-0.2, 0) is 9.53 Å². The molecule has 0 spiro atoms. The Bertz CT molecular complexity index is 644.